The van der Waals surface area contributed by atoms with Crippen LogP contribution in [0, 0.1) is 0 Å². The van der Waals surface area contributed by atoms with Crippen molar-refractivity contribution in [3.05, 3.63) is 48.0 Å². The highest BCUT2D eigenvalue weighted by atomic mass is 32.2. The summed E-state index contributed by atoms with van der Waals surface area (Å²) in [5, 5.41) is 0.614. The zero-order chi connectivity index (χ0) is 23.3. The zero-order valence-electron chi connectivity index (χ0n) is 18.9. The number of hydrogen-bond acceptors (Lipinski definition) is 7. The van der Waals surface area contributed by atoms with Crippen molar-refractivity contribution in [2.45, 2.75) is 25.2 Å². The third-order valence-electron chi connectivity index (χ3n) is 4.96. The van der Waals surface area contributed by atoms with Crippen molar-refractivity contribution in [3.8, 4) is 5.75 Å². The van der Waals surface area contributed by atoms with Gasteiger partial charge in [-0.25, -0.2) is 13.4 Å². The molecule has 1 amide bonds. The normalized spacial score (nSPS) is 11.8. The van der Waals surface area contributed by atoms with E-state index in [1.807, 2.05) is 39.2 Å². The number of hydrogen-bond donors (Lipinski definition) is 0. The van der Waals surface area contributed by atoms with Gasteiger partial charge in [-0.05, 0) is 76.4 Å². The van der Waals surface area contributed by atoms with Crippen LogP contribution in [-0.2, 0) is 9.84 Å². The molecule has 0 aliphatic heterocycles. The number of benzene rings is 2. The number of sulfone groups is 1. The highest BCUT2D eigenvalue weighted by Gasteiger charge is 2.22. The molecule has 0 fully saturated rings. The Labute approximate surface area is 193 Å². The van der Waals surface area contributed by atoms with Gasteiger partial charge in [-0.15, -0.1) is 0 Å². The van der Waals surface area contributed by atoms with Crippen molar-refractivity contribution in [1.29, 1.82) is 0 Å². The number of anilines is 1. The van der Waals surface area contributed by atoms with Gasteiger partial charge in [0.05, 0.1) is 27.5 Å². The Morgan fingerprint density at radius 2 is 1.78 bits per heavy atom. The van der Waals surface area contributed by atoms with Gasteiger partial charge in [0.1, 0.15) is 5.75 Å². The minimum absolute atomic E-state index is 0.0202. The Morgan fingerprint density at radius 1 is 1.06 bits per heavy atom. The monoisotopic (exact) mass is 475 g/mol. The largest absolute Gasteiger partial charge is 0.494 e. The molecule has 1 heterocycles. The summed E-state index contributed by atoms with van der Waals surface area (Å²) in [5.74, 6) is 0.591. The van der Waals surface area contributed by atoms with Gasteiger partial charge >= 0.3 is 0 Å². The van der Waals surface area contributed by atoms with E-state index in [2.05, 4.69) is 9.88 Å². The number of carbonyl (C=O) groups excluding carboxylic acids is 1. The lowest BCUT2D eigenvalue weighted by molar-refractivity contribution is 0.0986. The predicted molar refractivity (Wildman–Crippen MR) is 130 cm³/mol. The van der Waals surface area contributed by atoms with E-state index in [-0.39, 0.29) is 16.6 Å². The van der Waals surface area contributed by atoms with Gasteiger partial charge in [0.15, 0.2) is 15.0 Å². The van der Waals surface area contributed by atoms with Crippen LogP contribution in [0.2, 0.25) is 0 Å². The summed E-state index contributed by atoms with van der Waals surface area (Å²) in [6.07, 6.45) is 0.779. The minimum Gasteiger partial charge on any atom is -0.494 e. The van der Waals surface area contributed by atoms with Crippen LogP contribution < -0.4 is 9.64 Å². The van der Waals surface area contributed by atoms with Crippen molar-refractivity contribution in [3.63, 3.8) is 0 Å². The van der Waals surface area contributed by atoms with Gasteiger partial charge in [-0.2, -0.15) is 0 Å². The summed E-state index contributed by atoms with van der Waals surface area (Å²) in [4.78, 5) is 22.1. The maximum Gasteiger partial charge on any atom is 0.260 e. The maximum atomic E-state index is 13.4. The molecule has 0 N–H and O–H groups in total. The van der Waals surface area contributed by atoms with Crippen molar-refractivity contribution in [1.82, 2.24) is 9.88 Å². The smallest absolute Gasteiger partial charge is 0.260 e. The summed E-state index contributed by atoms with van der Waals surface area (Å²) in [6, 6.07) is 11.8. The third-order valence-corrected chi connectivity index (χ3v) is 7.75. The van der Waals surface area contributed by atoms with Gasteiger partial charge < -0.3 is 9.64 Å². The minimum atomic E-state index is -3.32. The van der Waals surface area contributed by atoms with Gasteiger partial charge in [0.2, 0.25) is 0 Å². The fourth-order valence-electron chi connectivity index (χ4n) is 3.22. The number of aromatic nitrogens is 1. The third kappa shape index (κ3) is 5.65. The highest BCUT2D eigenvalue weighted by Crippen LogP contribution is 2.32. The SMILES string of the molecule is CCOc1ccc2nc(N(CCCN(C)C)C(=O)c3ccc(S(=O)(=O)CC)cc3)sc2c1. The molecule has 0 spiro atoms. The van der Waals surface area contributed by atoms with E-state index in [1.54, 1.807) is 24.0 Å². The Morgan fingerprint density at radius 3 is 2.41 bits per heavy atom. The number of carbonyl (C=O) groups is 1. The molecule has 0 atom stereocenters. The molecule has 0 aliphatic rings. The number of ether oxygens (including phenoxy) is 1. The molecule has 0 bridgehead atoms. The molecule has 0 radical (unpaired) electrons. The Kier molecular flexibility index (Phi) is 7.86. The van der Waals surface area contributed by atoms with Gasteiger partial charge in [-0.3, -0.25) is 9.69 Å². The van der Waals surface area contributed by atoms with Crippen molar-refractivity contribution in [2.24, 2.45) is 0 Å². The number of rotatable bonds is 10. The molecule has 1 aromatic heterocycles. The van der Waals surface area contributed by atoms with Crippen LogP contribution in [0.25, 0.3) is 10.2 Å². The van der Waals surface area contributed by atoms with Crippen LogP contribution >= 0.6 is 11.3 Å². The second-order valence-electron chi connectivity index (χ2n) is 7.60. The molecule has 3 rings (SSSR count). The molecule has 3 aromatic rings. The van der Waals surface area contributed by atoms with Gasteiger partial charge in [0.25, 0.3) is 5.91 Å². The second kappa shape index (κ2) is 10.4. The van der Waals surface area contributed by atoms with E-state index in [4.69, 9.17) is 4.74 Å². The van der Waals surface area contributed by atoms with Crippen LogP contribution in [0.5, 0.6) is 5.75 Å². The lowest BCUT2D eigenvalue weighted by Gasteiger charge is -2.21. The maximum absolute atomic E-state index is 13.4. The molecule has 0 saturated heterocycles. The van der Waals surface area contributed by atoms with Crippen molar-refractivity contribution < 1.29 is 17.9 Å². The highest BCUT2D eigenvalue weighted by molar-refractivity contribution is 7.91. The van der Waals surface area contributed by atoms with Crippen LogP contribution in [0.15, 0.2) is 47.4 Å². The molecule has 9 heteroatoms. The molecule has 7 nitrogen and oxygen atoms in total. The Hall–Kier alpha value is -2.49. The zero-order valence-corrected chi connectivity index (χ0v) is 20.5. The first-order chi connectivity index (χ1) is 15.2. The average molecular weight is 476 g/mol. The molecular weight excluding hydrogens is 446 g/mol. The van der Waals surface area contributed by atoms with Gasteiger partial charge in [-0.1, -0.05) is 18.3 Å². The number of nitrogens with zero attached hydrogens (tertiary/aromatic N) is 3. The number of amides is 1. The van der Waals surface area contributed by atoms with E-state index in [0.29, 0.717) is 23.8 Å². The molecule has 0 saturated carbocycles. The van der Waals surface area contributed by atoms with E-state index < -0.39 is 9.84 Å². The summed E-state index contributed by atoms with van der Waals surface area (Å²) in [7, 11) is 0.669. The number of thiazole rings is 1. The Balaban J connectivity index is 1.93. The quantitative estimate of drug-likeness (QED) is 0.439. The topological polar surface area (TPSA) is 79.8 Å². The molecule has 2 aromatic carbocycles. The van der Waals surface area contributed by atoms with Crippen LogP contribution in [0.1, 0.15) is 30.6 Å². The van der Waals surface area contributed by atoms with Crippen LogP contribution in [0.4, 0.5) is 5.13 Å². The van der Waals surface area contributed by atoms with Gasteiger partial charge in [0, 0.05) is 12.1 Å². The van der Waals surface area contributed by atoms with E-state index in [1.165, 1.54) is 23.5 Å². The second-order valence-corrected chi connectivity index (χ2v) is 10.9. The first-order valence-electron chi connectivity index (χ1n) is 10.6. The lowest BCUT2D eigenvalue weighted by atomic mass is 10.2. The molecule has 0 aliphatic carbocycles. The fourth-order valence-corrected chi connectivity index (χ4v) is 5.12. The number of fused-ring (bicyclic) bond motifs is 1. The summed E-state index contributed by atoms with van der Waals surface area (Å²) >= 11 is 1.44. The average Bonchev–Trinajstić information content (AvgIpc) is 3.19. The summed E-state index contributed by atoms with van der Waals surface area (Å²) < 4.78 is 30.7. The molecule has 0 unspecified atom stereocenters. The van der Waals surface area contributed by atoms with E-state index >= 15 is 0 Å². The molecule has 172 valence electrons. The summed E-state index contributed by atoms with van der Waals surface area (Å²) in [5.41, 5.74) is 1.24. The molecular formula is C23H29N3O4S2. The fraction of sp³-hybridized carbons (Fsp3) is 0.391. The van der Waals surface area contributed by atoms with Crippen molar-refractivity contribution in [2.75, 3.05) is 44.4 Å². The molecule has 32 heavy (non-hydrogen) atoms. The first-order valence-corrected chi connectivity index (χ1v) is 13.0. The Bertz CT molecular complexity index is 1170. The lowest BCUT2D eigenvalue weighted by Crippen LogP contribution is -2.33. The van der Waals surface area contributed by atoms with Crippen LogP contribution in [-0.4, -0.2) is 63.8 Å². The summed E-state index contributed by atoms with van der Waals surface area (Å²) in [6.45, 7) is 5.45. The van der Waals surface area contributed by atoms with Crippen molar-refractivity contribution >= 4 is 42.4 Å². The predicted octanol–water partition coefficient (Wildman–Crippen LogP) is 4.09. The first kappa shape index (κ1) is 24.2. The van der Waals surface area contributed by atoms with E-state index in [9.17, 15) is 13.2 Å². The standard InChI is InChI=1S/C23H29N3O4S2/c1-5-30-18-10-13-20-21(16-18)31-23(24-20)26(15-7-14-25(3)4)22(27)17-8-11-19(12-9-17)32(28,29)6-2/h8-13,16H,5-7,14-15H2,1-4H3. The van der Waals surface area contributed by atoms with E-state index in [0.717, 1.165) is 28.9 Å². The van der Waals surface area contributed by atoms with Crippen LogP contribution in [0.3, 0.4) is 0 Å².